The van der Waals surface area contributed by atoms with E-state index in [4.69, 9.17) is 9.47 Å². The third-order valence-electron chi connectivity index (χ3n) is 3.85. The fourth-order valence-electron chi connectivity index (χ4n) is 2.58. The molecule has 9 heteroatoms. The molecule has 3 rings (SSSR count). The molecule has 1 N–H and O–H groups in total. The minimum absolute atomic E-state index is 0.0910. The largest absolute Gasteiger partial charge is 0.493 e. The predicted molar refractivity (Wildman–Crippen MR) is 99.7 cm³/mol. The van der Waals surface area contributed by atoms with Crippen LogP contribution in [0, 0.1) is 10.1 Å². The number of para-hydroxylation sites is 2. The first-order valence-corrected chi connectivity index (χ1v) is 8.20. The number of fused-ring (bicyclic) bond motifs is 1. The van der Waals surface area contributed by atoms with E-state index in [0.29, 0.717) is 17.1 Å². The molecule has 0 aliphatic rings. The Morgan fingerprint density at radius 2 is 1.93 bits per heavy atom. The zero-order chi connectivity index (χ0) is 19.4. The lowest BCUT2D eigenvalue weighted by Gasteiger charge is -2.17. The van der Waals surface area contributed by atoms with Crippen LogP contribution < -0.4 is 20.3 Å². The van der Waals surface area contributed by atoms with Crippen LogP contribution in [0.2, 0.25) is 0 Å². The minimum Gasteiger partial charge on any atom is -0.493 e. The summed E-state index contributed by atoms with van der Waals surface area (Å²) in [6.07, 6.45) is 1.08. The van der Waals surface area contributed by atoms with Crippen LogP contribution in [0.5, 0.6) is 11.5 Å². The predicted octanol–water partition coefficient (Wildman–Crippen LogP) is 2.49. The molecule has 0 saturated carbocycles. The highest BCUT2D eigenvalue weighted by Crippen LogP contribution is 2.27. The number of pyridine rings is 1. The Morgan fingerprint density at radius 3 is 2.63 bits per heavy atom. The Kier molecular flexibility index (Phi) is 5.20. The minimum atomic E-state index is -0.744. The van der Waals surface area contributed by atoms with Crippen molar-refractivity contribution in [1.29, 1.82) is 0 Å². The van der Waals surface area contributed by atoms with E-state index < -0.39 is 16.2 Å². The maximum atomic E-state index is 12.4. The normalized spacial score (nSPS) is 11.8. The fraction of sp³-hybridized carbons (Fsp3) is 0.222. The first kappa shape index (κ1) is 18.2. The Bertz CT molecular complexity index is 1030. The van der Waals surface area contributed by atoms with Crippen LogP contribution in [0.15, 0.2) is 53.5 Å². The number of anilines is 1. The lowest BCUT2D eigenvalue weighted by atomic mass is 10.3. The van der Waals surface area contributed by atoms with E-state index in [1.807, 2.05) is 12.1 Å². The van der Waals surface area contributed by atoms with Gasteiger partial charge in [0.2, 0.25) is 5.82 Å². The molecule has 140 valence electrons. The summed E-state index contributed by atoms with van der Waals surface area (Å²) in [6.45, 7) is 1.99. The van der Waals surface area contributed by atoms with Gasteiger partial charge in [-0.1, -0.05) is 18.2 Å². The molecule has 2 heterocycles. The highest BCUT2D eigenvalue weighted by atomic mass is 16.6. The molecule has 0 saturated heterocycles. The molecule has 0 aliphatic heterocycles. The van der Waals surface area contributed by atoms with Gasteiger partial charge in [0.1, 0.15) is 11.8 Å². The van der Waals surface area contributed by atoms with Crippen molar-refractivity contribution in [3.63, 3.8) is 0 Å². The monoisotopic (exact) mass is 370 g/mol. The van der Waals surface area contributed by atoms with E-state index in [9.17, 15) is 14.9 Å². The molecule has 2 aromatic heterocycles. The van der Waals surface area contributed by atoms with Gasteiger partial charge in [-0.3, -0.25) is 19.3 Å². The van der Waals surface area contributed by atoms with Crippen LogP contribution in [0.3, 0.4) is 0 Å². The summed E-state index contributed by atoms with van der Waals surface area (Å²) in [7, 11) is 1.54. The Labute approximate surface area is 154 Å². The van der Waals surface area contributed by atoms with Crippen molar-refractivity contribution in [2.45, 2.75) is 13.0 Å². The first-order valence-electron chi connectivity index (χ1n) is 8.20. The Balaban J connectivity index is 1.83. The highest BCUT2D eigenvalue weighted by molar-refractivity contribution is 5.59. The van der Waals surface area contributed by atoms with Gasteiger partial charge in [0.15, 0.2) is 11.5 Å². The van der Waals surface area contributed by atoms with Crippen LogP contribution in [0.4, 0.5) is 11.5 Å². The van der Waals surface area contributed by atoms with Gasteiger partial charge in [0.25, 0.3) is 0 Å². The van der Waals surface area contributed by atoms with Crippen molar-refractivity contribution < 1.29 is 14.4 Å². The summed E-state index contributed by atoms with van der Waals surface area (Å²) >= 11 is 0. The molecule has 0 amide bonds. The van der Waals surface area contributed by atoms with Gasteiger partial charge in [-0.25, -0.2) is 4.98 Å². The van der Waals surface area contributed by atoms with Gasteiger partial charge in [0, 0.05) is 6.20 Å². The second-order valence-corrected chi connectivity index (χ2v) is 5.76. The topological polar surface area (TPSA) is 108 Å². The lowest BCUT2D eigenvalue weighted by Crippen LogP contribution is -2.26. The summed E-state index contributed by atoms with van der Waals surface area (Å²) in [5.41, 5.74) is -1.04. The number of aromatic nitrogens is 2. The summed E-state index contributed by atoms with van der Waals surface area (Å²) < 4.78 is 12.2. The number of nitrogens with one attached hydrogen (secondary N) is 1. The third kappa shape index (κ3) is 3.81. The van der Waals surface area contributed by atoms with Crippen LogP contribution in [-0.4, -0.2) is 34.1 Å². The van der Waals surface area contributed by atoms with Crippen LogP contribution in [-0.2, 0) is 0 Å². The van der Waals surface area contributed by atoms with Gasteiger partial charge in [0.05, 0.1) is 18.6 Å². The molecule has 27 heavy (non-hydrogen) atoms. The molecule has 0 fully saturated rings. The summed E-state index contributed by atoms with van der Waals surface area (Å²) in [6, 6.07) is 12.1. The molecule has 0 bridgehead atoms. The number of nitrogens with zero attached hydrogens (tertiary/aromatic N) is 3. The Hall–Kier alpha value is -3.62. The van der Waals surface area contributed by atoms with Crippen LogP contribution in [0.1, 0.15) is 6.92 Å². The number of methoxy groups -OCH3 is 1. The van der Waals surface area contributed by atoms with Crippen molar-refractivity contribution in [1.82, 2.24) is 9.38 Å². The lowest BCUT2D eigenvalue weighted by molar-refractivity contribution is -0.385. The second-order valence-electron chi connectivity index (χ2n) is 5.76. The molecule has 0 aliphatic carbocycles. The molecule has 0 radical (unpaired) electrons. The Morgan fingerprint density at radius 1 is 1.22 bits per heavy atom. The highest BCUT2D eigenvalue weighted by Gasteiger charge is 2.23. The summed E-state index contributed by atoms with van der Waals surface area (Å²) in [5.74, 6) is 1.04. The average Bonchev–Trinajstić information content (AvgIpc) is 2.66. The zero-order valence-electron chi connectivity index (χ0n) is 14.8. The standard InChI is InChI=1S/C18H18N4O5/c1-12(27-14-8-4-3-7-13(14)26-2)11-19-17-16(22(24)25)18(23)21-10-6-5-9-15(21)20-17/h3-10,12,19H,11H2,1-2H3. The number of ether oxygens (including phenoxy) is 2. The third-order valence-corrected chi connectivity index (χ3v) is 3.85. The quantitative estimate of drug-likeness (QED) is 0.503. The maximum absolute atomic E-state index is 12.4. The van der Waals surface area contributed by atoms with E-state index in [2.05, 4.69) is 10.3 Å². The summed E-state index contributed by atoms with van der Waals surface area (Å²) in [5, 5.41) is 14.2. The molecule has 1 atom stereocenters. The average molecular weight is 370 g/mol. The molecular weight excluding hydrogens is 352 g/mol. The molecule has 0 spiro atoms. The number of rotatable bonds is 7. The van der Waals surface area contributed by atoms with Crippen LogP contribution >= 0.6 is 0 Å². The SMILES string of the molecule is COc1ccccc1OC(C)CNc1nc2ccccn2c(=O)c1[N+](=O)[O-]. The van der Waals surface area contributed by atoms with Gasteiger partial charge < -0.3 is 14.8 Å². The second kappa shape index (κ2) is 7.73. The molecule has 1 aromatic carbocycles. The molecule has 3 aromatic rings. The van der Waals surface area contributed by atoms with Crippen molar-refractivity contribution in [2.75, 3.05) is 19.0 Å². The maximum Gasteiger partial charge on any atom is 0.376 e. The van der Waals surface area contributed by atoms with E-state index >= 15 is 0 Å². The van der Waals surface area contributed by atoms with Gasteiger partial charge in [-0.05, 0) is 31.2 Å². The van der Waals surface area contributed by atoms with E-state index in [-0.39, 0.29) is 18.5 Å². The number of hydrogen-bond acceptors (Lipinski definition) is 7. The fourth-order valence-corrected chi connectivity index (χ4v) is 2.58. The number of nitro groups is 1. The first-order chi connectivity index (χ1) is 13.0. The van der Waals surface area contributed by atoms with E-state index in [0.717, 1.165) is 4.40 Å². The number of hydrogen-bond donors (Lipinski definition) is 1. The zero-order valence-corrected chi connectivity index (χ0v) is 14.8. The van der Waals surface area contributed by atoms with E-state index in [1.165, 1.54) is 6.20 Å². The van der Waals surface area contributed by atoms with Gasteiger partial charge in [-0.15, -0.1) is 0 Å². The van der Waals surface area contributed by atoms with Crippen molar-refractivity contribution in [2.24, 2.45) is 0 Å². The molecule has 1 unspecified atom stereocenters. The van der Waals surface area contributed by atoms with Crippen molar-refractivity contribution >= 4 is 17.2 Å². The smallest absolute Gasteiger partial charge is 0.376 e. The summed E-state index contributed by atoms with van der Waals surface area (Å²) in [4.78, 5) is 27.2. The van der Waals surface area contributed by atoms with Gasteiger partial charge in [-0.2, -0.15) is 0 Å². The molecular formula is C18H18N4O5. The van der Waals surface area contributed by atoms with Crippen molar-refractivity contribution in [3.8, 4) is 11.5 Å². The van der Waals surface area contributed by atoms with Crippen LogP contribution in [0.25, 0.3) is 5.65 Å². The van der Waals surface area contributed by atoms with E-state index in [1.54, 1.807) is 44.4 Å². The van der Waals surface area contributed by atoms with Crippen molar-refractivity contribution in [3.05, 3.63) is 69.1 Å². The number of benzene rings is 1. The molecule has 9 nitrogen and oxygen atoms in total. The van der Waals surface area contributed by atoms with Gasteiger partial charge >= 0.3 is 11.2 Å².